The maximum absolute atomic E-state index is 6.52. The minimum absolute atomic E-state index is 0.0536. The summed E-state index contributed by atoms with van der Waals surface area (Å²) in [4.78, 5) is 2.55. The van der Waals surface area contributed by atoms with Crippen LogP contribution in [0.5, 0.6) is 0 Å². The van der Waals surface area contributed by atoms with Gasteiger partial charge in [0, 0.05) is 44.2 Å². The summed E-state index contributed by atoms with van der Waals surface area (Å²) in [6.45, 7) is 7.32. The minimum atomic E-state index is 0.0536. The fourth-order valence-corrected chi connectivity index (χ4v) is 13.6. The first-order valence-corrected chi connectivity index (χ1v) is 23.4. The van der Waals surface area contributed by atoms with Gasteiger partial charge in [-0.3, -0.25) is 0 Å². The molecule has 2 nitrogen and oxygen atoms in total. The third kappa shape index (κ3) is 5.21. The van der Waals surface area contributed by atoms with Crippen LogP contribution in [0.25, 0.3) is 55.3 Å². The Hall–Kier alpha value is -5.86. The Labute approximate surface area is 361 Å². The molecular weight excluding hydrogens is 739 g/mol. The second-order valence-electron chi connectivity index (χ2n) is 18.8. The molecule has 1 heterocycles. The van der Waals surface area contributed by atoms with Crippen molar-refractivity contribution in [1.29, 1.82) is 0 Å². The van der Waals surface area contributed by atoms with Crippen LogP contribution in [0.3, 0.4) is 0 Å². The lowest BCUT2D eigenvalue weighted by Crippen LogP contribution is -2.47. The molecular formula is C59H55NO. The van der Waals surface area contributed by atoms with Gasteiger partial charge in [0.05, 0.1) is 0 Å². The van der Waals surface area contributed by atoms with Crippen molar-refractivity contribution in [2.75, 3.05) is 4.90 Å². The molecule has 2 unspecified atom stereocenters. The van der Waals surface area contributed by atoms with Gasteiger partial charge in [-0.2, -0.15) is 0 Å². The van der Waals surface area contributed by atoms with E-state index in [2.05, 4.69) is 177 Å². The molecule has 4 aliphatic rings. The topological polar surface area (TPSA) is 16.4 Å². The van der Waals surface area contributed by atoms with E-state index in [9.17, 15) is 0 Å². The van der Waals surface area contributed by atoms with Crippen LogP contribution in [-0.4, -0.2) is 0 Å². The van der Waals surface area contributed by atoms with Crippen LogP contribution in [0, 0.1) is 17.8 Å². The van der Waals surface area contributed by atoms with Gasteiger partial charge in [-0.25, -0.2) is 0 Å². The zero-order valence-corrected chi connectivity index (χ0v) is 35.9. The van der Waals surface area contributed by atoms with Gasteiger partial charge in [-0.15, -0.1) is 0 Å². The van der Waals surface area contributed by atoms with Gasteiger partial charge in [0.15, 0.2) is 0 Å². The fraction of sp³-hybridized carbons (Fsp3) is 0.288. The van der Waals surface area contributed by atoms with Crippen molar-refractivity contribution in [2.45, 2.75) is 89.4 Å². The average Bonchev–Trinajstić information content (AvgIpc) is 4.09. The van der Waals surface area contributed by atoms with Crippen molar-refractivity contribution in [1.82, 2.24) is 0 Å². The van der Waals surface area contributed by atoms with Crippen molar-refractivity contribution in [3.05, 3.63) is 174 Å². The molecule has 7 aromatic carbocycles. The maximum Gasteiger partial charge on any atom is 0.143 e. The summed E-state index contributed by atoms with van der Waals surface area (Å²) in [5.41, 5.74) is 19.8. The number of hydrogen-bond acceptors (Lipinski definition) is 2. The third-order valence-corrected chi connectivity index (χ3v) is 16.3. The second kappa shape index (κ2) is 14.1. The van der Waals surface area contributed by atoms with Crippen LogP contribution < -0.4 is 4.90 Å². The molecule has 8 aromatic rings. The molecule has 12 rings (SSSR count). The summed E-state index contributed by atoms with van der Waals surface area (Å²) in [5, 5.41) is 2.32. The van der Waals surface area contributed by atoms with E-state index in [1.807, 2.05) is 0 Å². The maximum atomic E-state index is 6.52. The van der Waals surface area contributed by atoms with Crippen LogP contribution >= 0.6 is 0 Å². The van der Waals surface area contributed by atoms with E-state index in [-0.39, 0.29) is 10.8 Å². The highest BCUT2D eigenvalue weighted by Crippen LogP contribution is 2.64. The van der Waals surface area contributed by atoms with Gasteiger partial charge in [0.2, 0.25) is 0 Å². The average molecular weight is 794 g/mol. The van der Waals surface area contributed by atoms with E-state index in [0.717, 1.165) is 39.0 Å². The summed E-state index contributed by atoms with van der Waals surface area (Å²) in [5.74, 6) is 2.07. The standard InChI is InChI=1S/C59H55NO/c1-4-38-34-40(5-2)59(41(6-3)35-38)53-22-11-8-17-47(53)51-36-43(29-31-54(51)59)60(44-28-30-48-46-16-7-10-21-52(46)58(55(48)37-44)32-13-14-33-58)42-26-24-39(25-27-42)45-19-15-20-50-49-18-9-12-23-56(49)61-57(45)50/h7-12,15-31,36-38,40-41H,4-6,13-14,32-35H2,1-3H3. The molecule has 1 aromatic heterocycles. The number of anilines is 3. The van der Waals surface area contributed by atoms with Crippen molar-refractivity contribution in [3.8, 4) is 33.4 Å². The van der Waals surface area contributed by atoms with E-state index < -0.39 is 0 Å². The smallest absolute Gasteiger partial charge is 0.143 e. The number of rotatable bonds is 7. The molecule has 0 bridgehead atoms. The zero-order chi connectivity index (χ0) is 40.9. The molecule has 61 heavy (non-hydrogen) atoms. The molecule has 0 saturated heterocycles. The zero-order valence-electron chi connectivity index (χ0n) is 35.9. The molecule has 0 amide bonds. The Kier molecular flexibility index (Phi) is 8.54. The van der Waals surface area contributed by atoms with Gasteiger partial charge >= 0.3 is 0 Å². The minimum Gasteiger partial charge on any atom is -0.455 e. The third-order valence-electron chi connectivity index (χ3n) is 16.3. The summed E-state index contributed by atoms with van der Waals surface area (Å²) in [6.07, 6.45) is 11.3. The largest absolute Gasteiger partial charge is 0.455 e. The first-order valence-electron chi connectivity index (χ1n) is 23.4. The van der Waals surface area contributed by atoms with Crippen LogP contribution in [0.1, 0.15) is 101 Å². The van der Waals surface area contributed by atoms with E-state index in [1.165, 1.54) is 108 Å². The van der Waals surface area contributed by atoms with Crippen molar-refractivity contribution in [3.63, 3.8) is 0 Å². The summed E-state index contributed by atoms with van der Waals surface area (Å²) in [7, 11) is 0. The number of furan rings is 1. The Bertz CT molecular complexity index is 2960. The van der Waals surface area contributed by atoms with E-state index in [0.29, 0.717) is 11.8 Å². The summed E-state index contributed by atoms with van der Waals surface area (Å²) in [6, 6.07) is 57.9. The predicted octanol–water partition coefficient (Wildman–Crippen LogP) is 16.7. The number of fused-ring (bicyclic) bond motifs is 13. The van der Waals surface area contributed by atoms with Crippen molar-refractivity contribution >= 4 is 39.0 Å². The van der Waals surface area contributed by atoms with Gasteiger partial charge < -0.3 is 9.32 Å². The highest BCUT2D eigenvalue weighted by molar-refractivity contribution is 6.09. The normalized spacial score (nSPS) is 21.9. The van der Waals surface area contributed by atoms with Gasteiger partial charge in [-0.05, 0) is 136 Å². The Morgan fingerprint density at radius 2 is 1.08 bits per heavy atom. The second-order valence-corrected chi connectivity index (χ2v) is 18.8. The first-order chi connectivity index (χ1) is 30.1. The highest BCUT2D eigenvalue weighted by atomic mass is 16.3. The lowest BCUT2D eigenvalue weighted by Gasteiger charge is -2.51. The van der Waals surface area contributed by atoms with E-state index in [4.69, 9.17) is 4.42 Å². The fourth-order valence-electron chi connectivity index (χ4n) is 13.6. The van der Waals surface area contributed by atoms with Gasteiger partial charge in [0.1, 0.15) is 11.2 Å². The van der Waals surface area contributed by atoms with Crippen molar-refractivity contribution in [2.24, 2.45) is 17.8 Å². The van der Waals surface area contributed by atoms with Crippen LogP contribution in [0.4, 0.5) is 17.1 Å². The predicted molar refractivity (Wildman–Crippen MR) is 255 cm³/mol. The number of benzene rings is 7. The SMILES string of the molecule is CCC1CC(CC)C2(c3ccccc3-c3cc(N(c4ccc(-c5cccc6c5oc5ccccc56)cc4)c4ccc5c(c4)C4(CCCC4)c4ccccc4-5)ccc32)C(CC)C1. The molecule has 2 heteroatoms. The van der Waals surface area contributed by atoms with Crippen molar-refractivity contribution < 1.29 is 4.42 Å². The quantitative estimate of drug-likeness (QED) is 0.160. The Morgan fingerprint density at radius 1 is 0.492 bits per heavy atom. The number of nitrogens with zero attached hydrogens (tertiary/aromatic N) is 1. The van der Waals surface area contributed by atoms with Crippen LogP contribution in [-0.2, 0) is 10.8 Å². The monoisotopic (exact) mass is 793 g/mol. The molecule has 0 aliphatic heterocycles. The van der Waals surface area contributed by atoms with E-state index >= 15 is 0 Å². The highest BCUT2D eigenvalue weighted by Gasteiger charge is 2.55. The molecule has 2 spiro atoms. The molecule has 4 aliphatic carbocycles. The lowest BCUT2D eigenvalue weighted by molar-refractivity contribution is 0.0905. The van der Waals surface area contributed by atoms with Crippen LogP contribution in [0.15, 0.2) is 156 Å². The molecule has 2 saturated carbocycles. The molecule has 0 N–H and O–H groups in total. The number of hydrogen-bond donors (Lipinski definition) is 0. The van der Waals surface area contributed by atoms with Gasteiger partial charge in [-0.1, -0.05) is 162 Å². The Balaban J connectivity index is 1.04. The van der Waals surface area contributed by atoms with E-state index in [1.54, 1.807) is 11.1 Å². The molecule has 0 radical (unpaired) electrons. The summed E-state index contributed by atoms with van der Waals surface area (Å²) < 4.78 is 6.52. The number of para-hydroxylation sites is 2. The molecule has 2 atom stereocenters. The molecule has 2 fully saturated rings. The van der Waals surface area contributed by atoms with Gasteiger partial charge in [0.25, 0.3) is 0 Å². The lowest BCUT2D eigenvalue weighted by atomic mass is 9.52. The summed E-state index contributed by atoms with van der Waals surface area (Å²) >= 11 is 0. The Morgan fingerprint density at radius 3 is 1.84 bits per heavy atom. The first kappa shape index (κ1) is 36.9. The molecule has 302 valence electrons. The van der Waals surface area contributed by atoms with Crippen LogP contribution in [0.2, 0.25) is 0 Å².